The number of anilines is 1. The lowest BCUT2D eigenvalue weighted by molar-refractivity contribution is -0.119. The Labute approximate surface area is 199 Å². The summed E-state index contributed by atoms with van der Waals surface area (Å²) in [5.41, 5.74) is 1.59. The first-order valence-electron chi connectivity index (χ1n) is 10.7. The summed E-state index contributed by atoms with van der Waals surface area (Å²) in [6.07, 6.45) is 1.01. The second kappa shape index (κ2) is 8.79. The molecule has 5 rings (SSSR count). The van der Waals surface area contributed by atoms with Gasteiger partial charge in [-0.15, -0.1) is 11.3 Å². The summed E-state index contributed by atoms with van der Waals surface area (Å²) >= 11 is 1.16. The predicted octanol–water partition coefficient (Wildman–Crippen LogP) is 4.02. The number of aromatic nitrogens is 1. The number of hydrogen-bond acceptors (Lipinski definition) is 7. The van der Waals surface area contributed by atoms with Gasteiger partial charge in [0.2, 0.25) is 15.9 Å². The Kier molecular flexibility index (Phi) is 5.80. The highest BCUT2D eigenvalue weighted by Gasteiger charge is 2.39. The summed E-state index contributed by atoms with van der Waals surface area (Å²) in [5.74, 6) is -0.445. The van der Waals surface area contributed by atoms with Gasteiger partial charge >= 0.3 is 5.63 Å². The fraction of sp³-hybridized carbons (Fsp3) is 0.208. The van der Waals surface area contributed by atoms with Gasteiger partial charge in [-0.1, -0.05) is 35.9 Å². The van der Waals surface area contributed by atoms with Crippen molar-refractivity contribution in [3.8, 4) is 11.3 Å². The zero-order valence-corrected chi connectivity index (χ0v) is 19.9. The summed E-state index contributed by atoms with van der Waals surface area (Å²) in [4.78, 5) is 30.0. The standard InChI is InChI=1S/C24H21N3O5S2/c1-15-8-10-17(11-9-15)34(30,31)27-12-4-6-20(27)22(28)26-24-25-19(14-33-24)18-13-16-5-2-3-7-21(16)32-23(18)29/h2-3,5,7-11,13-14,20H,4,6,12H2,1H3,(H,25,26,28). The molecule has 1 aliphatic rings. The number of thiazole rings is 1. The highest BCUT2D eigenvalue weighted by Crippen LogP contribution is 2.29. The van der Waals surface area contributed by atoms with Crippen LogP contribution in [0.5, 0.6) is 0 Å². The van der Waals surface area contributed by atoms with E-state index in [4.69, 9.17) is 4.42 Å². The lowest BCUT2D eigenvalue weighted by atomic mass is 10.1. The molecule has 0 radical (unpaired) electrons. The van der Waals surface area contributed by atoms with Crippen LogP contribution in [0.4, 0.5) is 5.13 Å². The number of para-hydroxylation sites is 1. The Morgan fingerprint density at radius 1 is 1.18 bits per heavy atom. The van der Waals surface area contributed by atoms with E-state index >= 15 is 0 Å². The highest BCUT2D eigenvalue weighted by atomic mass is 32.2. The number of sulfonamides is 1. The van der Waals surface area contributed by atoms with Crippen LogP contribution >= 0.6 is 11.3 Å². The Hall–Kier alpha value is -3.34. The van der Waals surface area contributed by atoms with E-state index in [2.05, 4.69) is 10.3 Å². The van der Waals surface area contributed by atoms with Gasteiger partial charge in [0.1, 0.15) is 11.6 Å². The summed E-state index contributed by atoms with van der Waals surface area (Å²) in [7, 11) is -3.80. The molecular formula is C24H21N3O5S2. The molecule has 1 N–H and O–H groups in total. The van der Waals surface area contributed by atoms with Crippen LogP contribution in [0.3, 0.4) is 0 Å². The molecule has 1 unspecified atom stereocenters. The molecule has 2 aromatic carbocycles. The number of amides is 1. The normalized spacial score (nSPS) is 16.7. The van der Waals surface area contributed by atoms with Gasteiger partial charge in [-0.2, -0.15) is 4.31 Å². The highest BCUT2D eigenvalue weighted by molar-refractivity contribution is 7.89. The number of hydrogen-bond donors (Lipinski definition) is 1. The van der Waals surface area contributed by atoms with Gasteiger partial charge in [0.25, 0.3) is 0 Å². The van der Waals surface area contributed by atoms with Crippen molar-refractivity contribution in [3.05, 3.63) is 76.0 Å². The Balaban J connectivity index is 1.36. The Morgan fingerprint density at radius 2 is 1.94 bits per heavy atom. The smallest absolute Gasteiger partial charge is 0.345 e. The largest absolute Gasteiger partial charge is 0.422 e. The third-order valence-corrected chi connectivity index (χ3v) is 8.47. The summed E-state index contributed by atoms with van der Waals surface area (Å²) in [6.45, 7) is 2.15. The van der Waals surface area contributed by atoms with Gasteiger partial charge in [-0.25, -0.2) is 18.2 Å². The van der Waals surface area contributed by atoms with Gasteiger partial charge in [-0.3, -0.25) is 4.79 Å². The van der Waals surface area contributed by atoms with Crippen LogP contribution in [0.15, 0.2) is 74.1 Å². The molecule has 0 bridgehead atoms. The third kappa shape index (κ3) is 4.15. The van der Waals surface area contributed by atoms with Crippen molar-refractivity contribution in [2.45, 2.75) is 30.7 Å². The number of aryl methyl sites for hydroxylation is 1. The number of carbonyl (C=O) groups is 1. The molecule has 8 nitrogen and oxygen atoms in total. The maximum absolute atomic E-state index is 13.1. The van der Waals surface area contributed by atoms with Crippen LogP contribution in [0.25, 0.3) is 22.2 Å². The van der Waals surface area contributed by atoms with Crippen molar-refractivity contribution in [1.29, 1.82) is 0 Å². The number of benzene rings is 2. The predicted molar refractivity (Wildman–Crippen MR) is 130 cm³/mol. The number of nitrogens with one attached hydrogen (secondary N) is 1. The van der Waals surface area contributed by atoms with E-state index in [1.807, 2.05) is 19.1 Å². The van der Waals surface area contributed by atoms with Gasteiger partial charge in [0, 0.05) is 17.3 Å². The van der Waals surface area contributed by atoms with Crippen molar-refractivity contribution in [3.63, 3.8) is 0 Å². The summed E-state index contributed by atoms with van der Waals surface area (Å²) in [6, 6.07) is 14.6. The lowest BCUT2D eigenvalue weighted by Crippen LogP contribution is -2.43. The topological polar surface area (TPSA) is 110 Å². The van der Waals surface area contributed by atoms with E-state index in [1.54, 1.807) is 47.8 Å². The molecule has 34 heavy (non-hydrogen) atoms. The fourth-order valence-electron chi connectivity index (χ4n) is 4.02. The Morgan fingerprint density at radius 3 is 2.74 bits per heavy atom. The van der Waals surface area contributed by atoms with E-state index in [0.717, 1.165) is 22.3 Å². The van der Waals surface area contributed by atoms with Gasteiger partial charge in [-0.05, 0) is 44.0 Å². The molecule has 10 heteroatoms. The molecule has 174 valence electrons. The molecule has 4 aromatic rings. The van der Waals surface area contributed by atoms with E-state index in [1.165, 1.54) is 4.31 Å². The molecule has 1 fully saturated rings. The van der Waals surface area contributed by atoms with Gasteiger partial charge < -0.3 is 9.73 Å². The van der Waals surface area contributed by atoms with Crippen molar-refractivity contribution in [2.24, 2.45) is 0 Å². The van der Waals surface area contributed by atoms with Crippen LogP contribution in [0.1, 0.15) is 18.4 Å². The number of carbonyl (C=O) groups excluding carboxylic acids is 1. The van der Waals surface area contributed by atoms with Crippen molar-refractivity contribution >= 4 is 43.4 Å². The van der Waals surface area contributed by atoms with E-state index in [-0.39, 0.29) is 16.6 Å². The fourth-order valence-corrected chi connectivity index (χ4v) is 6.39. The van der Waals surface area contributed by atoms with Crippen molar-refractivity contribution in [2.75, 3.05) is 11.9 Å². The first kappa shape index (κ1) is 22.5. The summed E-state index contributed by atoms with van der Waals surface area (Å²) < 4.78 is 32.9. The molecule has 3 heterocycles. The Bertz CT molecular complexity index is 1540. The van der Waals surface area contributed by atoms with E-state index in [9.17, 15) is 18.0 Å². The SMILES string of the molecule is Cc1ccc(S(=O)(=O)N2CCCC2C(=O)Nc2nc(-c3cc4ccccc4oc3=O)cs2)cc1. The van der Waals surface area contributed by atoms with Gasteiger partial charge in [0.15, 0.2) is 5.13 Å². The monoisotopic (exact) mass is 495 g/mol. The van der Waals surface area contributed by atoms with Crippen molar-refractivity contribution in [1.82, 2.24) is 9.29 Å². The molecule has 1 aliphatic heterocycles. The van der Waals surface area contributed by atoms with Crippen LogP contribution in [-0.2, 0) is 14.8 Å². The van der Waals surface area contributed by atoms with E-state index < -0.39 is 27.6 Å². The quantitative estimate of drug-likeness (QED) is 0.419. The summed E-state index contributed by atoms with van der Waals surface area (Å²) in [5, 5.41) is 5.43. The average Bonchev–Trinajstić information content (AvgIpc) is 3.49. The maximum atomic E-state index is 13.1. The van der Waals surface area contributed by atoms with Crippen LogP contribution in [-0.4, -0.2) is 36.2 Å². The molecule has 1 atom stereocenters. The average molecular weight is 496 g/mol. The first-order chi connectivity index (χ1) is 16.3. The van der Waals surface area contributed by atoms with Crippen LogP contribution in [0.2, 0.25) is 0 Å². The van der Waals surface area contributed by atoms with Gasteiger partial charge in [0.05, 0.1) is 16.2 Å². The lowest BCUT2D eigenvalue weighted by Gasteiger charge is -2.23. The second-order valence-electron chi connectivity index (χ2n) is 8.10. The van der Waals surface area contributed by atoms with Crippen LogP contribution < -0.4 is 10.9 Å². The molecule has 1 amide bonds. The van der Waals surface area contributed by atoms with Crippen molar-refractivity contribution < 1.29 is 17.6 Å². The molecule has 2 aromatic heterocycles. The zero-order chi connectivity index (χ0) is 23.9. The molecule has 0 aliphatic carbocycles. The zero-order valence-electron chi connectivity index (χ0n) is 18.2. The number of nitrogens with zero attached hydrogens (tertiary/aromatic N) is 2. The molecule has 0 saturated carbocycles. The minimum Gasteiger partial charge on any atom is -0.422 e. The number of rotatable bonds is 5. The number of fused-ring (bicyclic) bond motifs is 1. The second-order valence-corrected chi connectivity index (χ2v) is 10.8. The van der Waals surface area contributed by atoms with E-state index in [0.29, 0.717) is 29.7 Å². The third-order valence-electron chi connectivity index (χ3n) is 5.79. The molecule has 0 spiro atoms. The minimum absolute atomic E-state index is 0.164. The molecular weight excluding hydrogens is 474 g/mol. The minimum atomic E-state index is -3.80. The first-order valence-corrected chi connectivity index (χ1v) is 13.0. The molecule has 1 saturated heterocycles. The van der Waals surface area contributed by atoms with Crippen LogP contribution in [0, 0.1) is 6.92 Å². The maximum Gasteiger partial charge on any atom is 0.345 e.